The molecule has 0 aliphatic carbocycles. The number of carbonyl (C=O) groups is 1. The summed E-state index contributed by atoms with van der Waals surface area (Å²) < 4.78 is 7.51. The molecule has 1 amide bonds. The topological polar surface area (TPSA) is 112 Å². The molecule has 5 heterocycles. The Morgan fingerprint density at radius 1 is 1.11 bits per heavy atom. The van der Waals surface area contributed by atoms with Crippen molar-refractivity contribution in [2.75, 3.05) is 32.8 Å². The number of aromatic amines is 2. The van der Waals surface area contributed by atoms with Gasteiger partial charge in [0.05, 0.1) is 28.7 Å². The van der Waals surface area contributed by atoms with E-state index in [0.29, 0.717) is 37.3 Å². The molecule has 0 bridgehead atoms. The largest absolute Gasteiger partial charge is 0.381 e. The number of aryl methyl sites for hydroxylation is 2. The molecule has 0 saturated carbocycles. The normalized spacial score (nSPS) is 19.8. The quantitative estimate of drug-likeness (QED) is 0.443. The van der Waals surface area contributed by atoms with Crippen molar-refractivity contribution < 1.29 is 9.53 Å². The molecule has 10 heteroatoms. The molecule has 1 atom stereocenters. The van der Waals surface area contributed by atoms with Crippen LogP contribution < -0.4 is 5.56 Å². The Balaban J connectivity index is 1.32. The first-order valence-corrected chi connectivity index (χ1v) is 13.0. The van der Waals surface area contributed by atoms with E-state index < -0.39 is 0 Å². The number of piperazine rings is 1. The van der Waals surface area contributed by atoms with E-state index in [9.17, 15) is 9.59 Å². The van der Waals surface area contributed by atoms with Gasteiger partial charge in [0.15, 0.2) is 0 Å². The lowest BCUT2D eigenvalue weighted by molar-refractivity contribution is 0.0492. The molecule has 4 aromatic rings. The minimum atomic E-state index is -0.156. The Labute approximate surface area is 214 Å². The maximum Gasteiger partial charge on any atom is 0.259 e. The zero-order valence-corrected chi connectivity index (χ0v) is 21.6. The van der Waals surface area contributed by atoms with Crippen molar-refractivity contribution in [2.24, 2.45) is 0 Å². The zero-order valence-electron chi connectivity index (χ0n) is 21.6. The van der Waals surface area contributed by atoms with E-state index in [2.05, 4.69) is 31.9 Å². The Hall–Kier alpha value is -3.50. The molecular formula is C27H33N7O3. The molecule has 2 N–H and O–H groups in total. The Morgan fingerprint density at radius 2 is 1.92 bits per heavy atom. The summed E-state index contributed by atoms with van der Waals surface area (Å²) in [6, 6.07) is 4.27. The number of carbonyl (C=O) groups excluding carboxylic acids is 1. The van der Waals surface area contributed by atoms with Gasteiger partial charge in [0.1, 0.15) is 5.82 Å². The van der Waals surface area contributed by atoms with E-state index in [1.54, 1.807) is 6.20 Å². The number of nitrogens with one attached hydrogen (secondary N) is 2. The number of H-pyrrole nitrogens is 2. The lowest BCUT2D eigenvalue weighted by Gasteiger charge is -2.39. The predicted molar refractivity (Wildman–Crippen MR) is 141 cm³/mol. The summed E-state index contributed by atoms with van der Waals surface area (Å²) in [7, 11) is 0. The van der Waals surface area contributed by atoms with E-state index in [0.717, 1.165) is 59.4 Å². The van der Waals surface area contributed by atoms with Crippen molar-refractivity contribution in [3.05, 3.63) is 57.5 Å². The summed E-state index contributed by atoms with van der Waals surface area (Å²) in [5, 5.41) is 6.01. The number of ether oxygens (including phenoxy) is 1. The highest BCUT2D eigenvalue weighted by molar-refractivity contribution is 6.07. The van der Waals surface area contributed by atoms with Crippen LogP contribution in [0.5, 0.6) is 0 Å². The summed E-state index contributed by atoms with van der Waals surface area (Å²) in [5.41, 5.74) is 3.99. The molecule has 1 aromatic carbocycles. The van der Waals surface area contributed by atoms with Crippen LogP contribution in [0.15, 0.2) is 29.3 Å². The van der Waals surface area contributed by atoms with Gasteiger partial charge >= 0.3 is 0 Å². The fraction of sp³-hybridized carbons (Fsp3) is 0.481. The smallest absolute Gasteiger partial charge is 0.259 e. The van der Waals surface area contributed by atoms with Gasteiger partial charge in [-0.2, -0.15) is 5.10 Å². The van der Waals surface area contributed by atoms with Gasteiger partial charge < -0.3 is 19.6 Å². The SMILES string of the molecule is Cc1ncc(CN2CCN(C(=O)c3cc4c(cc3C)[nH]c(=O)c3cnn(C5CCOCC5)c34)C[C@@H]2C)[nH]1. The molecule has 194 valence electrons. The summed E-state index contributed by atoms with van der Waals surface area (Å²) in [6.07, 6.45) is 5.23. The van der Waals surface area contributed by atoms with Crippen LogP contribution in [0.3, 0.4) is 0 Å². The second kappa shape index (κ2) is 9.42. The number of fused-ring (bicyclic) bond motifs is 3. The molecule has 0 unspecified atom stereocenters. The van der Waals surface area contributed by atoms with Crippen molar-refractivity contribution in [3.63, 3.8) is 0 Å². The molecular weight excluding hydrogens is 470 g/mol. The lowest BCUT2D eigenvalue weighted by Crippen LogP contribution is -2.53. The van der Waals surface area contributed by atoms with Crippen LogP contribution in [-0.4, -0.2) is 79.3 Å². The number of amides is 1. The van der Waals surface area contributed by atoms with Crippen LogP contribution in [0.4, 0.5) is 0 Å². The maximum atomic E-state index is 13.8. The van der Waals surface area contributed by atoms with Gasteiger partial charge in [-0.25, -0.2) is 4.98 Å². The molecule has 10 nitrogen and oxygen atoms in total. The van der Waals surface area contributed by atoms with Gasteiger partial charge in [-0.05, 0) is 51.3 Å². The number of imidazole rings is 1. The van der Waals surface area contributed by atoms with Gasteiger partial charge in [0.25, 0.3) is 11.5 Å². The fourth-order valence-corrected chi connectivity index (χ4v) is 5.79. The summed E-state index contributed by atoms with van der Waals surface area (Å²) in [5.74, 6) is 0.941. The van der Waals surface area contributed by atoms with E-state index >= 15 is 0 Å². The minimum absolute atomic E-state index is 0.0276. The highest BCUT2D eigenvalue weighted by Gasteiger charge is 2.29. The van der Waals surface area contributed by atoms with E-state index in [1.807, 2.05) is 41.8 Å². The van der Waals surface area contributed by atoms with Gasteiger partial charge in [-0.15, -0.1) is 0 Å². The van der Waals surface area contributed by atoms with Gasteiger partial charge in [-0.3, -0.25) is 19.2 Å². The van der Waals surface area contributed by atoms with E-state index in [-0.39, 0.29) is 23.6 Å². The molecule has 37 heavy (non-hydrogen) atoms. The van der Waals surface area contributed by atoms with Crippen LogP contribution in [0, 0.1) is 13.8 Å². The van der Waals surface area contributed by atoms with Gasteiger partial charge in [-0.1, -0.05) is 0 Å². The van der Waals surface area contributed by atoms with Crippen LogP contribution in [0.2, 0.25) is 0 Å². The van der Waals surface area contributed by atoms with Crippen molar-refractivity contribution in [1.82, 2.24) is 34.5 Å². The molecule has 2 aliphatic rings. The first-order valence-electron chi connectivity index (χ1n) is 13.0. The third kappa shape index (κ3) is 4.34. The molecule has 3 aromatic heterocycles. The Kier molecular flexibility index (Phi) is 6.08. The third-order valence-corrected chi connectivity index (χ3v) is 7.86. The van der Waals surface area contributed by atoms with Crippen molar-refractivity contribution >= 4 is 27.7 Å². The van der Waals surface area contributed by atoms with E-state index in [1.165, 1.54) is 0 Å². The Morgan fingerprint density at radius 3 is 2.65 bits per heavy atom. The fourth-order valence-electron chi connectivity index (χ4n) is 5.79. The highest BCUT2D eigenvalue weighted by atomic mass is 16.5. The average Bonchev–Trinajstić information content (AvgIpc) is 3.52. The first-order chi connectivity index (χ1) is 17.9. The second-order valence-electron chi connectivity index (χ2n) is 10.4. The average molecular weight is 504 g/mol. The second-order valence-corrected chi connectivity index (χ2v) is 10.4. The minimum Gasteiger partial charge on any atom is -0.381 e. The number of benzene rings is 1. The lowest BCUT2D eigenvalue weighted by atomic mass is 10.0. The third-order valence-electron chi connectivity index (χ3n) is 7.86. The number of rotatable bonds is 4. The molecule has 2 saturated heterocycles. The number of pyridine rings is 1. The number of hydrogen-bond acceptors (Lipinski definition) is 6. The van der Waals surface area contributed by atoms with Crippen LogP contribution in [-0.2, 0) is 11.3 Å². The van der Waals surface area contributed by atoms with E-state index in [4.69, 9.17) is 4.74 Å². The predicted octanol–water partition coefficient (Wildman–Crippen LogP) is 2.92. The number of hydrogen-bond donors (Lipinski definition) is 2. The molecule has 0 radical (unpaired) electrons. The van der Waals surface area contributed by atoms with Crippen LogP contribution >= 0.6 is 0 Å². The molecule has 6 rings (SSSR count). The summed E-state index contributed by atoms with van der Waals surface area (Å²) in [6.45, 7) is 10.3. The van der Waals surface area contributed by atoms with Crippen LogP contribution in [0.25, 0.3) is 21.8 Å². The highest BCUT2D eigenvalue weighted by Crippen LogP contribution is 2.30. The summed E-state index contributed by atoms with van der Waals surface area (Å²) in [4.78, 5) is 41.6. The molecule has 2 fully saturated rings. The van der Waals surface area contributed by atoms with Crippen molar-refractivity contribution in [1.29, 1.82) is 0 Å². The van der Waals surface area contributed by atoms with Gasteiger partial charge in [0.2, 0.25) is 0 Å². The number of nitrogens with zero attached hydrogens (tertiary/aromatic N) is 5. The standard InChI is InChI=1S/C27H33N7O3/c1-16-10-24-22(25-23(26(35)31-24)13-29-34(25)20-4-8-37-9-5-20)11-21(16)27(36)33-7-6-32(17(2)14-33)15-19-12-28-18(3)30-19/h10-13,17,20H,4-9,14-15H2,1-3H3,(H,28,30)(H,31,35)/t17-/m0/s1. The van der Waals surface area contributed by atoms with Gasteiger partial charge in [0, 0.05) is 68.3 Å². The monoisotopic (exact) mass is 503 g/mol. The van der Waals surface area contributed by atoms with Crippen molar-refractivity contribution in [3.8, 4) is 0 Å². The van der Waals surface area contributed by atoms with Crippen molar-refractivity contribution in [2.45, 2.75) is 52.2 Å². The number of aromatic nitrogens is 5. The summed E-state index contributed by atoms with van der Waals surface area (Å²) >= 11 is 0. The zero-order chi connectivity index (χ0) is 25.7. The molecule has 2 aliphatic heterocycles. The Bertz CT molecular complexity index is 1530. The maximum absolute atomic E-state index is 13.8. The molecule has 0 spiro atoms. The van der Waals surface area contributed by atoms with Crippen LogP contribution in [0.1, 0.15) is 53.2 Å². The first kappa shape index (κ1) is 23.9.